The van der Waals surface area contributed by atoms with E-state index in [9.17, 15) is 14.4 Å². The number of esters is 3. The minimum Gasteiger partial charge on any atom is -0.462 e. The molecule has 0 aromatic rings. The second kappa shape index (κ2) is 51.2. The molecule has 0 aliphatic heterocycles. The average molecular weight is 877 g/mol. The Labute approximate surface area is 388 Å². The molecule has 0 aromatic carbocycles. The number of ether oxygens (including phenoxy) is 3. The van der Waals surface area contributed by atoms with Crippen LogP contribution in [0.5, 0.6) is 0 Å². The van der Waals surface area contributed by atoms with Crippen LogP contribution in [0.1, 0.15) is 239 Å². The van der Waals surface area contributed by atoms with Gasteiger partial charge in [0.05, 0.1) is 0 Å². The van der Waals surface area contributed by atoms with Crippen molar-refractivity contribution < 1.29 is 28.6 Å². The van der Waals surface area contributed by atoms with Gasteiger partial charge in [0.2, 0.25) is 0 Å². The van der Waals surface area contributed by atoms with E-state index in [4.69, 9.17) is 14.2 Å². The zero-order valence-corrected chi connectivity index (χ0v) is 41.1. The molecule has 0 amide bonds. The van der Waals surface area contributed by atoms with Crippen molar-refractivity contribution in [1.82, 2.24) is 0 Å². The zero-order valence-electron chi connectivity index (χ0n) is 41.1. The van der Waals surface area contributed by atoms with Gasteiger partial charge in [-0.3, -0.25) is 14.4 Å². The molecule has 0 fully saturated rings. The van der Waals surface area contributed by atoms with Crippen molar-refractivity contribution in [3.05, 3.63) is 85.1 Å². The van der Waals surface area contributed by atoms with Crippen molar-refractivity contribution in [2.75, 3.05) is 13.2 Å². The van der Waals surface area contributed by atoms with E-state index < -0.39 is 6.10 Å². The van der Waals surface area contributed by atoms with Gasteiger partial charge >= 0.3 is 17.9 Å². The molecule has 0 heterocycles. The summed E-state index contributed by atoms with van der Waals surface area (Å²) in [6.45, 7) is 6.33. The first-order chi connectivity index (χ1) is 31.0. The van der Waals surface area contributed by atoms with Gasteiger partial charge in [0.15, 0.2) is 6.10 Å². The highest BCUT2D eigenvalue weighted by molar-refractivity contribution is 5.71. The monoisotopic (exact) mass is 877 g/mol. The first-order valence-corrected chi connectivity index (χ1v) is 26.2. The third kappa shape index (κ3) is 49.5. The Bertz CT molecular complexity index is 1240. The lowest BCUT2D eigenvalue weighted by atomic mass is 10.0. The van der Waals surface area contributed by atoms with Crippen LogP contribution in [0.2, 0.25) is 0 Å². The lowest BCUT2D eigenvalue weighted by Crippen LogP contribution is -2.30. The predicted octanol–water partition coefficient (Wildman–Crippen LogP) is 17.2. The molecule has 0 aromatic heterocycles. The molecule has 360 valence electrons. The highest BCUT2D eigenvalue weighted by atomic mass is 16.6. The summed E-state index contributed by atoms with van der Waals surface area (Å²) in [5, 5.41) is 0. The van der Waals surface area contributed by atoms with E-state index in [2.05, 4.69) is 51.2 Å². The van der Waals surface area contributed by atoms with Crippen LogP contribution in [0, 0.1) is 0 Å². The zero-order chi connectivity index (χ0) is 45.8. The summed E-state index contributed by atoms with van der Waals surface area (Å²) in [6.07, 6.45) is 65.8. The van der Waals surface area contributed by atoms with E-state index in [0.717, 1.165) is 70.6 Å². The normalized spacial score (nSPS) is 12.7. The second-order valence-electron chi connectivity index (χ2n) is 17.2. The molecule has 63 heavy (non-hydrogen) atoms. The van der Waals surface area contributed by atoms with Gasteiger partial charge in [-0.05, 0) is 57.8 Å². The standard InChI is InChI=1S/C57H96O6/c1-4-7-10-13-16-19-22-25-27-28-29-30-33-35-38-41-44-47-50-56(59)62-53-54(52-61-55(58)49-46-43-40-37-34-31-24-21-18-15-12-9-6-3)63-57(60)51-48-45-42-39-36-32-26-23-20-17-14-11-8-5-2/h8-9,11-12,15,17-18,20-21,24,31,34,37,40,54H,4-7,10,13-14,16,19,22-23,25-30,32-33,35-36,38-39,41-53H2,1-3H3/b11-8+,12-9+,18-15+,20-17+,24-21+,34-31+,40-37+. The molecule has 0 spiro atoms. The maximum absolute atomic E-state index is 12.8. The van der Waals surface area contributed by atoms with E-state index in [0.29, 0.717) is 19.3 Å². The number of hydrogen-bond donors (Lipinski definition) is 0. The van der Waals surface area contributed by atoms with E-state index in [1.165, 1.54) is 122 Å². The van der Waals surface area contributed by atoms with Crippen LogP contribution in [-0.2, 0) is 28.6 Å². The van der Waals surface area contributed by atoms with Crippen LogP contribution < -0.4 is 0 Å². The summed E-state index contributed by atoms with van der Waals surface area (Å²) in [6, 6.07) is 0. The van der Waals surface area contributed by atoms with Gasteiger partial charge in [0, 0.05) is 19.3 Å². The molecule has 6 nitrogen and oxygen atoms in total. The topological polar surface area (TPSA) is 78.9 Å². The smallest absolute Gasteiger partial charge is 0.306 e. The summed E-state index contributed by atoms with van der Waals surface area (Å²) < 4.78 is 16.7. The van der Waals surface area contributed by atoms with Gasteiger partial charge in [-0.25, -0.2) is 0 Å². The lowest BCUT2D eigenvalue weighted by molar-refractivity contribution is -0.167. The van der Waals surface area contributed by atoms with Crippen LogP contribution >= 0.6 is 0 Å². The molecule has 0 aliphatic carbocycles. The maximum Gasteiger partial charge on any atom is 0.306 e. The van der Waals surface area contributed by atoms with Crippen molar-refractivity contribution in [1.29, 1.82) is 0 Å². The second-order valence-corrected chi connectivity index (χ2v) is 17.2. The molecule has 0 rings (SSSR count). The van der Waals surface area contributed by atoms with Crippen molar-refractivity contribution in [3.8, 4) is 0 Å². The summed E-state index contributed by atoms with van der Waals surface area (Å²) in [5.41, 5.74) is 0. The van der Waals surface area contributed by atoms with Crippen molar-refractivity contribution >= 4 is 17.9 Å². The molecule has 1 atom stereocenters. The maximum atomic E-state index is 12.8. The minimum absolute atomic E-state index is 0.101. The molecular formula is C57H96O6. The highest BCUT2D eigenvalue weighted by Gasteiger charge is 2.19. The molecule has 0 N–H and O–H groups in total. The Morgan fingerprint density at radius 1 is 0.349 bits per heavy atom. The number of rotatable bonds is 46. The van der Waals surface area contributed by atoms with Crippen LogP contribution in [0.4, 0.5) is 0 Å². The number of carbonyl (C=O) groups excluding carboxylic acids is 3. The molecule has 0 aliphatic rings. The Morgan fingerprint density at radius 2 is 0.714 bits per heavy atom. The molecule has 0 saturated carbocycles. The minimum atomic E-state index is -0.807. The Hall–Kier alpha value is -3.41. The largest absolute Gasteiger partial charge is 0.462 e. The SMILES string of the molecule is CC/C=C/C=C/C=C/C=C/C=C/CCCC(=O)OCC(COC(=O)CCCCCCCCCCCCCCCCCCCC)OC(=O)CCCCCCCCC/C=C/C/C=C/CC. The van der Waals surface area contributed by atoms with Crippen LogP contribution in [-0.4, -0.2) is 37.2 Å². The van der Waals surface area contributed by atoms with Crippen molar-refractivity contribution in [2.24, 2.45) is 0 Å². The van der Waals surface area contributed by atoms with Gasteiger partial charge < -0.3 is 14.2 Å². The average Bonchev–Trinajstić information content (AvgIpc) is 3.28. The number of hydrogen-bond acceptors (Lipinski definition) is 6. The van der Waals surface area contributed by atoms with Gasteiger partial charge in [-0.1, -0.05) is 247 Å². The van der Waals surface area contributed by atoms with E-state index >= 15 is 0 Å². The fourth-order valence-corrected chi connectivity index (χ4v) is 7.16. The molecule has 0 bridgehead atoms. The fraction of sp³-hybridized carbons (Fsp3) is 0.702. The summed E-state index contributed by atoms with van der Waals surface area (Å²) in [4.78, 5) is 38.0. The first-order valence-electron chi connectivity index (χ1n) is 26.2. The van der Waals surface area contributed by atoms with Gasteiger partial charge in [-0.2, -0.15) is 0 Å². The van der Waals surface area contributed by atoms with Crippen LogP contribution in [0.25, 0.3) is 0 Å². The molecule has 1 unspecified atom stereocenters. The van der Waals surface area contributed by atoms with Gasteiger partial charge in [-0.15, -0.1) is 0 Å². The Balaban J connectivity index is 4.43. The molecule has 6 heteroatoms. The third-order valence-corrected chi connectivity index (χ3v) is 11.0. The van der Waals surface area contributed by atoms with Crippen molar-refractivity contribution in [2.45, 2.75) is 245 Å². The molecule has 0 radical (unpaired) electrons. The van der Waals surface area contributed by atoms with Crippen molar-refractivity contribution in [3.63, 3.8) is 0 Å². The highest BCUT2D eigenvalue weighted by Crippen LogP contribution is 2.16. The fourth-order valence-electron chi connectivity index (χ4n) is 7.16. The first kappa shape index (κ1) is 59.6. The number of unbranched alkanes of at least 4 members (excludes halogenated alkanes) is 25. The molecule has 0 saturated heterocycles. The third-order valence-electron chi connectivity index (χ3n) is 11.0. The summed E-state index contributed by atoms with van der Waals surface area (Å²) >= 11 is 0. The summed E-state index contributed by atoms with van der Waals surface area (Å²) in [7, 11) is 0. The van der Waals surface area contributed by atoms with Crippen LogP contribution in [0.15, 0.2) is 85.1 Å². The van der Waals surface area contributed by atoms with E-state index in [-0.39, 0.29) is 37.5 Å². The quantitative estimate of drug-likeness (QED) is 0.0199. The van der Waals surface area contributed by atoms with E-state index in [1.54, 1.807) is 0 Å². The molecular weight excluding hydrogens is 781 g/mol. The summed E-state index contributed by atoms with van der Waals surface area (Å²) in [5.74, 6) is -0.985. The van der Waals surface area contributed by atoms with Crippen LogP contribution in [0.3, 0.4) is 0 Å². The van der Waals surface area contributed by atoms with Gasteiger partial charge in [0.25, 0.3) is 0 Å². The Morgan fingerprint density at radius 3 is 1.19 bits per heavy atom. The number of allylic oxidation sites excluding steroid dienone is 14. The van der Waals surface area contributed by atoms with Gasteiger partial charge in [0.1, 0.15) is 13.2 Å². The number of carbonyl (C=O) groups is 3. The lowest BCUT2D eigenvalue weighted by Gasteiger charge is -2.18. The Kier molecular flexibility index (Phi) is 48.5. The van der Waals surface area contributed by atoms with E-state index in [1.807, 2.05) is 54.7 Å². The predicted molar refractivity (Wildman–Crippen MR) is 270 cm³/mol.